The molecule has 5 heteroatoms. The van der Waals surface area contributed by atoms with Crippen molar-refractivity contribution in [3.05, 3.63) is 40.4 Å². The fourth-order valence-electron chi connectivity index (χ4n) is 2.73. The number of hydrogen-bond donors (Lipinski definition) is 1. The van der Waals surface area contributed by atoms with Crippen molar-refractivity contribution in [1.82, 2.24) is 14.8 Å². The van der Waals surface area contributed by atoms with Crippen LogP contribution in [0, 0.1) is 6.92 Å². The molecule has 0 bridgehead atoms. The predicted octanol–water partition coefficient (Wildman–Crippen LogP) is 3.27. The summed E-state index contributed by atoms with van der Waals surface area (Å²) < 4.78 is 1.97. The first kappa shape index (κ1) is 12.5. The summed E-state index contributed by atoms with van der Waals surface area (Å²) >= 11 is 6.19. The number of halogens is 1. The number of nitrogens with zero attached hydrogens (tertiary/aromatic N) is 3. The zero-order chi connectivity index (χ0) is 13.4. The van der Waals surface area contributed by atoms with E-state index in [1.165, 1.54) is 17.7 Å². The maximum absolute atomic E-state index is 6.19. The molecule has 19 heavy (non-hydrogen) atoms. The van der Waals surface area contributed by atoms with E-state index in [1.54, 1.807) is 6.20 Å². The molecule has 1 atom stereocenters. The quantitative estimate of drug-likeness (QED) is 0.856. The van der Waals surface area contributed by atoms with Gasteiger partial charge >= 0.3 is 0 Å². The topological polar surface area (TPSA) is 42.7 Å². The first-order chi connectivity index (χ1) is 9.16. The third-order valence-corrected chi connectivity index (χ3v) is 4.09. The molecule has 1 aliphatic rings. The lowest BCUT2D eigenvalue weighted by Gasteiger charge is -2.25. The average molecular weight is 277 g/mol. The Morgan fingerprint density at radius 3 is 3.11 bits per heavy atom. The van der Waals surface area contributed by atoms with Crippen LogP contribution in [0.4, 0.5) is 5.69 Å². The van der Waals surface area contributed by atoms with Crippen molar-refractivity contribution in [3.8, 4) is 0 Å². The second kappa shape index (κ2) is 4.85. The zero-order valence-electron chi connectivity index (χ0n) is 11.2. The molecule has 2 aromatic rings. The number of fused-ring (bicyclic) bond motifs is 1. The maximum Gasteiger partial charge on any atom is 0.152 e. The molecule has 1 unspecified atom stereocenters. The monoisotopic (exact) mass is 276 g/mol. The van der Waals surface area contributed by atoms with Gasteiger partial charge in [-0.3, -0.25) is 4.68 Å². The lowest BCUT2D eigenvalue weighted by atomic mass is 9.92. The van der Waals surface area contributed by atoms with Crippen LogP contribution >= 0.6 is 11.6 Å². The molecule has 0 saturated carbocycles. The molecule has 0 amide bonds. The van der Waals surface area contributed by atoms with Gasteiger partial charge in [-0.2, -0.15) is 5.10 Å². The highest BCUT2D eigenvalue weighted by Crippen LogP contribution is 2.34. The number of aryl methyl sites for hydroxylation is 2. The Morgan fingerprint density at radius 2 is 2.32 bits per heavy atom. The fraction of sp³-hybridized carbons (Fsp3) is 0.429. The van der Waals surface area contributed by atoms with Crippen LogP contribution in [-0.2, 0) is 13.5 Å². The third kappa shape index (κ3) is 2.21. The van der Waals surface area contributed by atoms with E-state index in [4.69, 9.17) is 11.6 Å². The van der Waals surface area contributed by atoms with E-state index >= 15 is 0 Å². The molecular weight excluding hydrogens is 260 g/mol. The summed E-state index contributed by atoms with van der Waals surface area (Å²) in [5.41, 5.74) is 4.66. The summed E-state index contributed by atoms with van der Waals surface area (Å²) in [5.74, 6) is 0. The zero-order valence-corrected chi connectivity index (χ0v) is 11.9. The molecule has 0 radical (unpaired) electrons. The van der Waals surface area contributed by atoms with E-state index in [1.807, 2.05) is 30.9 Å². The number of nitrogens with one attached hydrogen (secondary N) is 1. The second-order valence-electron chi connectivity index (χ2n) is 5.05. The van der Waals surface area contributed by atoms with Gasteiger partial charge in [-0.1, -0.05) is 11.6 Å². The van der Waals surface area contributed by atoms with Crippen LogP contribution in [0.1, 0.15) is 35.7 Å². The number of rotatable bonds is 2. The lowest BCUT2D eigenvalue weighted by molar-refractivity contribution is 0.571. The maximum atomic E-state index is 6.19. The minimum atomic E-state index is 0.276. The van der Waals surface area contributed by atoms with Gasteiger partial charge in [0, 0.05) is 24.5 Å². The highest BCUT2D eigenvalue weighted by molar-refractivity contribution is 6.32. The van der Waals surface area contributed by atoms with Gasteiger partial charge in [-0.05, 0) is 37.8 Å². The molecule has 0 saturated heterocycles. The van der Waals surface area contributed by atoms with E-state index in [2.05, 4.69) is 15.4 Å². The second-order valence-corrected chi connectivity index (χ2v) is 5.41. The summed E-state index contributed by atoms with van der Waals surface area (Å²) in [6.07, 6.45) is 7.07. The summed E-state index contributed by atoms with van der Waals surface area (Å²) in [6.45, 7) is 2.04. The number of aromatic nitrogens is 3. The van der Waals surface area contributed by atoms with Crippen LogP contribution in [0.25, 0.3) is 0 Å². The summed E-state index contributed by atoms with van der Waals surface area (Å²) in [4.78, 5) is 4.15. The third-order valence-electron chi connectivity index (χ3n) is 3.81. The van der Waals surface area contributed by atoms with Crippen molar-refractivity contribution in [2.75, 3.05) is 5.32 Å². The smallest absolute Gasteiger partial charge is 0.152 e. The lowest BCUT2D eigenvalue weighted by Crippen LogP contribution is -2.18. The van der Waals surface area contributed by atoms with E-state index in [9.17, 15) is 0 Å². The molecule has 1 N–H and O–H groups in total. The summed E-state index contributed by atoms with van der Waals surface area (Å²) in [5, 5.41) is 8.44. The van der Waals surface area contributed by atoms with E-state index in [0.717, 1.165) is 24.1 Å². The van der Waals surface area contributed by atoms with Crippen LogP contribution in [0.2, 0.25) is 5.15 Å². The van der Waals surface area contributed by atoms with Gasteiger partial charge in [0.15, 0.2) is 5.15 Å². The van der Waals surface area contributed by atoms with Gasteiger partial charge in [-0.25, -0.2) is 4.98 Å². The molecule has 0 fully saturated rings. The van der Waals surface area contributed by atoms with Crippen molar-refractivity contribution in [3.63, 3.8) is 0 Å². The number of hydrogen-bond acceptors (Lipinski definition) is 3. The van der Waals surface area contributed by atoms with Gasteiger partial charge in [0.2, 0.25) is 0 Å². The Kier molecular flexibility index (Phi) is 3.19. The average Bonchev–Trinajstić information content (AvgIpc) is 2.77. The molecule has 4 nitrogen and oxygen atoms in total. The first-order valence-corrected chi connectivity index (χ1v) is 6.93. The SMILES string of the molecule is Cc1ccnc(Cl)c1NC1CCCc2c1cnn2C. The minimum Gasteiger partial charge on any atom is -0.375 e. The Morgan fingerprint density at radius 1 is 1.47 bits per heavy atom. The van der Waals surface area contributed by atoms with Crippen LogP contribution < -0.4 is 5.32 Å². The van der Waals surface area contributed by atoms with E-state index < -0.39 is 0 Å². The molecule has 0 aromatic carbocycles. The molecule has 0 spiro atoms. The highest BCUT2D eigenvalue weighted by Gasteiger charge is 2.24. The molecule has 1 aliphatic carbocycles. The van der Waals surface area contributed by atoms with Crippen LogP contribution in [0.15, 0.2) is 18.5 Å². The number of pyridine rings is 1. The molecule has 2 heterocycles. The normalized spacial score (nSPS) is 18.2. The van der Waals surface area contributed by atoms with Gasteiger partial charge in [0.05, 0.1) is 17.9 Å². The van der Waals surface area contributed by atoms with Crippen LogP contribution in [-0.4, -0.2) is 14.8 Å². The van der Waals surface area contributed by atoms with E-state index in [0.29, 0.717) is 5.15 Å². The standard InChI is InChI=1S/C14H17ClN4/c1-9-6-7-16-14(15)13(9)18-11-4-3-5-12-10(11)8-17-19(12)2/h6-8,11,18H,3-5H2,1-2H3. The van der Waals surface area contributed by atoms with Crippen molar-refractivity contribution in [2.24, 2.45) is 7.05 Å². The molecule has 100 valence electrons. The van der Waals surface area contributed by atoms with Crippen molar-refractivity contribution >= 4 is 17.3 Å². The van der Waals surface area contributed by atoms with Gasteiger partial charge in [0.25, 0.3) is 0 Å². The Hall–Kier alpha value is -1.55. The van der Waals surface area contributed by atoms with Gasteiger partial charge < -0.3 is 5.32 Å². The fourth-order valence-corrected chi connectivity index (χ4v) is 2.99. The summed E-state index contributed by atoms with van der Waals surface area (Å²) in [7, 11) is 2.00. The van der Waals surface area contributed by atoms with Crippen molar-refractivity contribution < 1.29 is 0 Å². The number of anilines is 1. The minimum absolute atomic E-state index is 0.276. The van der Waals surface area contributed by atoms with Gasteiger partial charge in [-0.15, -0.1) is 0 Å². The molecule has 2 aromatic heterocycles. The van der Waals surface area contributed by atoms with Crippen LogP contribution in [0.3, 0.4) is 0 Å². The summed E-state index contributed by atoms with van der Waals surface area (Å²) in [6, 6.07) is 2.25. The first-order valence-electron chi connectivity index (χ1n) is 6.55. The Labute approximate surface area is 117 Å². The Bertz CT molecular complexity index is 585. The van der Waals surface area contributed by atoms with Crippen molar-refractivity contribution in [1.29, 1.82) is 0 Å². The van der Waals surface area contributed by atoms with Crippen molar-refractivity contribution in [2.45, 2.75) is 32.2 Å². The largest absolute Gasteiger partial charge is 0.375 e. The molecular formula is C14H17ClN4. The Balaban J connectivity index is 1.93. The van der Waals surface area contributed by atoms with Crippen LogP contribution in [0.5, 0.6) is 0 Å². The predicted molar refractivity (Wildman–Crippen MR) is 76.5 cm³/mol. The highest BCUT2D eigenvalue weighted by atomic mass is 35.5. The van der Waals surface area contributed by atoms with Gasteiger partial charge in [0.1, 0.15) is 0 Å². The molecule has 3 rings (SSSR count). The van der Waals surface area contributed by atoms with E-state index in [-0.39, 0.29) is 6.04 Å². The molecule has 0 aliphatic heterocycles.